The van der Waals surface area contributed by atoms with Crippen LogP contribution in [-0.2, 0) is 0 Å². The molecule has 2 aromatic carbocycles. The minimum atomic E-state index is -0.284. The Kier molecular flexibility index (Phi) is 6.19. The molecule has 0 bridgehead atoms. The summed E-state index contributed by atoms with van der Waals surface area (Å²) in [7, 11) is 4.57. The third kappa shape index (κ3) is 4.76. The van der Waals surface area contributed by atoms with Crippen molar-refractivity contribution < 1.29 is 19.0 Å². The molecule has 0 atom stereocenters. The highest BCUT2D eigenvalue weighted by Crippen LogP contribution is 2.40. The number of methoxy groups -OCH3 is 3. The van der Waals surface area contributed by atoms with Crippen LogP contribution in [0.15, 0.2) is 54.7 Å². The molecule has 3 rings (SSSR count). The summed E-state index contributed by atoms with van der Waals surface area (Å²) in [4.78, 5) is 17.0. The Bertz CT molecular complexity index is 978. The molecule has 0 saturated heterocycles. The van der Waals surface area contributed by atoms with E-state index in [1.54, 1.807) is 30.5 Å². The molecule has 0 radical (unpaired) electrons. The molecule has 1 aromatic heterocycles. The van der Waals surface area contributed by atoms with Gasteiger partial charge in [-0.25, -0.2) is 4.98 Å². The Balaban J connectivity index is 1.80. The number of amides is 1. The lowest BCUT2D eigenvalue weighted by Gasteiger charge is -2.15. The van der Waals surface area contributed by atoms with Crippen molar-refractivity contribution in [1.82, 2.24) is 4.98 Å². The predicted molar refractivity (Wildman–Crippen MR) is 113 cm³/mol. The Labute approximate surface area is 169 Å². The van der Waals surface area contributed by atoms with Crippen molar-refractivity contribution in [3.63, 3.8) is 0 Å². The number of pyridine rings is 1. The van der Waals surface area contributed by atoms with Crippen LogP contribution in [0, 0.1) is 6.92 Å². The van der Waals surface area contributed by atoms with E-state index in [-0.39, 0.29) is 5.91 Å². The van der Waals surface area contributed by atoms with Crippen LogP contribution in [0.4, 0.5) is 17.2 Å². The number of rotatable bonds is 7. The van der Waals surface area contributed by atoms with Gasteiger partial charge in [-0.05, 0) is 31.2 Å². The van der Waals surface area contributed by atoms with Gasteiger partial charge in [0.1, 0.15) is 5.82 Å². The van der Waals surface area contributed by atoms with Gasteiger partial charge >= 0.3 is 0 Å². The molecule has 0 aliphatic rings. The fourth-order valence-corrected chi connectivity index (χ4v) is 2.78. The SMILES string of the molecule is COc1cc(NC(=O)c2ccnc(Nc3ccc(C)cc3)c2)cc(OC)c1OC. The molecule has 1 heterocycles. The largest absolute Gasteiger partial charge is 0.493 e. The molecule has 2 N–H and O–H groups in total. The molecule has 7 nitrogen and oxygen atoms in total. The highest BCUT2D eigenvalue weighted by atomic mass is 16.5. The van der Waals surface area contributed by atoms with Gasteiger partial charge in [0.05, 0.1) is 21.3 Å². The average molecular weight is 393 g/mol. The van der Waals surface area contributed by atoms with Crippen LogP contribution in [0.1, 0.15) is 15.9 Å². The van der Waals surface area contributed by atoms with E-state index in [2.05, 4.69) is 15.6 Å². The second-order valence-corrected chi connectivity index (χ2v) is 6.29. The lowest BCUT2D eigenvalue weighted by molar-refractivity contribution is 0.102. The van der Waals surface area contributed by atoms with Gasteiger partial charge in [-0.15, -0.1) is 0 Å². The summed E-state index contributed by atoms with van der Waals surface area (Å²) in [5.41, 5.74) is 3.05. The fraction of sp³-hybridized carbons (Fsp3) is 0.182. The number of ether oxygens (including phenoxy) is 3. The van der Waals surface area contributed by atoms with Crippen molar-refractivity contribution in [2.45, 2.75) is 6.92 Å². The van der Waals surface area contributed by atoms with Crippen molar-refractivity contribution in [1.29, 1.82) is 0 Å². The highest BCUT2D eigenvalue weighted by Gasteiger charge is 2.15. The molecule has 29 heavy (non-hydrogen) atoms. The van der Waals surface area contributed by atoms with Crippen molar-refractivity contribution in [3.8, 4) is 17.2 Å². The zero-order valence-electron chi connectivity index (χ0n) is 16.8. The summed E-state index contributed by atoms with van der Waals surface area (Å²) < 4.78 is 16.0. The number of carbonyl (C=O) groups excluding carboxylic acids is 1. The summed E-state index contributed by atoms with van der Waals surface area (Å²) in [6.07, 6.45) is 1.58. The number of nitrogens with one attached hydrogen (secondary N) is 2. The number of nitrogens with zero attached hydrogens (tertiary/aromatic N) is 1. The molecule has 0 aliphatic carbocycles. The molecule has 0 aliphatic heterocycles. The van der Waals surface area contributed by atoms with E-state index >= 15 is 0 Å². The topological polar surface area (TPSA) is 81.7 Å². The van der Waals surface area contributed by atoms with Crippen molar-refractivity contribution in [3.05, 3.63) is 65.9 Å². The first-order valence-electron chi connectivity index (χ1n) is 8.95. The Morgan fingerprint density at radius 1 is 0.862 bits per heavy atom. The van der Waals surface area contributed by atoms with Gasteiger partial charge < -0.3 is 24.8 Å². The number of carbonyl (C=O) groups is 1. The normalized spacial score (nSPS) is 10.2. The predicted octanol–water partition coefficient (Wildman–Crippen LogP) is 4.41. The van der Waals surface area contributed by atoms with Crippen LogP contribution in [0.2, 0.25) is 0 Å². The van der Waals surface area contributed by atoms with E-state index < -0.39 is 0 Å². The first-order valence-corrected chi connectivity index (χ1v) is 8.95. The van der Waals surface area contributed by atoms with Crippen LogP contribution in [0.3, 0.4) is 0 Å². The van der Waals surface area contributed by atoms with E-state index in [9.17, 15) is 4.79 Å². The summed E-state index contributed by atoms with van der Waals surface area (Å²) in [6, 6.07) is 14.6. The van der Waals surface area contributed by atoms with Crippen LogP contribution >= 0.6 is 0 Å². The third-order valence-electron chi connectivity index (χ3n) is 4.27. The first-order chi connectivity index (χ1) is 14.0. The summed E-state index contributed by atoms with van der Waals surface area (Å²) >= 11 is 0. The van der Waals surface area contributed by atoms with Crippen LogP contribution in [0.25, 0.3) is 0 Å². The second-order valence-electron chi connectivity index (χ2n) is 6.29. The molecule has 0 fully saturated rings. The summed E-state index contributed by atoms with van der Waals surface area (Å²) in [5, 5.41) is 6.04. The number of benzene rings is 2. The lowest BCUT2D eigenvalue weighted by Crippen LogP contribution is -2.13. The van der Waals surface area contributed by atoms with Gasteiger partial charge in [-0.1, -0.05) is 17.7 Å². The molecule has 1 amide bonds. The summed E-state index contributed by atoms with van der Waals surface area (Å²) in [6.45, 7) is 2.02. The highest BCUT2D eigenvalue weighted by molar-refractivity contribution is 6.05. The van der Waals surface area contributed by atoms with Crippen LogP contribution in [0.5, 0.6) is 17.2 Å². The van der Waals surface area contributed by atoms with Crippen molar-refractivity contribution in [2.75, 3.05) is 32.0 Å². The Hall–Kier alpha value is -3.74. The standard InChI is InChI=1S/C22H23N3O4/c1-14-5-7-16(8-6-14)24-20-11-15(9-10-23-20)22(26)25-17-12-18(27-2)21(29-4)19(13-17)28-3/h5-13H,1-4H3,(H,23,24)(H,25,26). The fourth-order valence-electron chi connectivity index (χ4n) is 2.78. The van der Waals surface area contributed by atoms with E-state index in [0.29, 0.717) is 34.3 Å². The summed E-state index contributed by atoms with van der Waals surface area (Å²) in [5.74, 6) is 1.67. The van der Waals surface area contributed by atoms with Gasteiger partial charge in [0, 0.05) is 35.3 Å². The molecule has 0 spiro atoms. The number of anilines is 3. The van der Waals surface area contributed by atoms with E-state index in [4.69, 9.17) is 14.2 Å². The van der Waals surface area contributed by atoms with Crippen molar-refractivity contribution >= 4 is 23.1 Å². The number of aromatic nitrogens is 1. The first kappa shape index (κ1) is 20.0. The molecular formula is C22H23N3O4. The van der Waals surface area contributed by atoms with E-state index in [0.717, 1.165) is 5.69 Å². The van der Waals surface area contributed by atoms with E-state index in [1.807, 2.05) is 31.2 Å². The molecular weight excluding hydrogens is 370 g/mol. The maximum absolute atomic E-state index is 12.7. The minimum Gasteiger partial charge on any atom is -0.493 e. The molecule has 7 heteroatoms. The molecule has 0 saturated carbocycles. The quantitative estimate of drug-likeness (QED) is 0.619. The van der Waals surface area contributed by atoms with Gasteiger partial charge in [0.15, 0.2) is 11.5 Å². The smallest absolute Gasteiger partial charge is 0.255 e. The zero-order chi connectivity index (χ0) is 20.8. The Morgan fingerprint density at radius 3 is 2.10 bits per heavy atom. The van der Waals surface area contributed by atoms with Gasteiger partial charge in [-0.2, -0.15) is 0 Å². The molecule has 0 unspecified atom stereocenters. The zero-order valence-corrected chi connectivity index (χ0v) is 16.8. The maximum Gasteiger partial charge on any atom is 0.255 e. The van der Waals surface area contributed by atoms with Crippen molar-refractivity contribution in [2.24, 2.45) is 0 Å². The monoisotopic (exact) mass is 393 g/mol. The maximum atomic E-state index is 12.7. The van der Waals surface area contributed by atoms with Gasteiger partial charge in [-0.3, -0.25) is 4.79 Å². The number of hydrogen-bond donors (Lipinski definition) is 2. The second kappa shape index (κ2) is 8.97. The van der Waals surface area contributed by atoms with Crippen LogP contribution < -0.4 is 24.8 Å². The Morgan fingerprint density at radius 2 is 1.52 bits per heavy atom. The number of hydrogen-bond acceptors (Lipinski definition) is 6. The van der Waals surface area contributed by atoms with Gasteiger partial charge in [0.25, 0.3) is 5.91 Å². The molecule has 3 aromatic rings. The lowest BCUT2D eigenvalue weighted by atomic mass is 10.2. The third-order valence-corrected chi connectivity index (χ3v) is 4.27. The minimum absolute atomic E-state index is 0.284. The average Bonchev–Trinajstić information content (AvgIpc) is 2.74. The van der Waals surface area contributed by atoms with E-state index in [1.165, 1.54) is 26.9 Å². The number of aryl methyl sites for hydroxylation is 1. The van der Waals surface area contributed by atoms with Gasteiger partial charge in [0.2, 0.25) is 5.75 Å². The van der Waals surface area contributed by atoms with Crippen LogP contribution in [-0.4, -0.2) is 32.2 Å². The molecule has 150 valence electrons.